The molecule has 102 valence electrons. The second-order valence-electron chi connectivity index (χ2n) is 5.36. The maximum atomic E-state index is 13.3. The van der Waals surface area contributed by atoms with Crippen LogP contribution in [0.15, 0.2) is 0 Å². The molecule has 2 atom stereocenters. The molecule has 2 unspecified atom stereocenters. The quantitative estimate of drug-likeness (QED) is 0.667. The molecule has 0 radical (unpaired) electrons. The molecule has 0 bridgehead atoms. The van der Waals surface area contributed by atoms with Crippen LogP contribution in [0.3, 0.4) is 0 Å². The van der Waals surface area contributed by atoms with Crippen LogP contribution in [0, 0.1) is 5.92 Å². The van der Waals surface area contributed by atoms with Gasteiger partial charge < -0.3 is 0 Å². The smallest absolute Gasteiger partial charge is 0.260 e. The predicted octanol–water partition coefficient (Wildman–Crippen LogP) is 4.32. The minimum atomic E-state index is -2.43. The van der Waals surface area contributed by atoms with E-state index < -0.39 is 5.92 Å². The summed E-state index contributed by atoms with van der Waals surface area (Å²) in [5.41, 5.74) is 0. The normalized spacial score (nSPS) is 33.7. The maximum absolute atomic E-state index is 13.3. The van der Waals surface area contributed by atoms with Gasteiger partial charge in [0.15, 0.2) is 0 Å². The number of rotatable bonds is 1. The molecule has 1 saturated carbocycles. The number of nitrogens with zero attached hydrogens (tertiary/aromatic N) is 1. The highest BCUT2D eigenvalue weighted by Crippen LogP contribution is 2.33. The summed E-state index contributed by atoms with van der Waals surface area (Å²) in [5.74, 6) is -1.71. The van der Waals surface area contributed by atoms with Crippen molar-refractivity contribution >= 4 is 0 Å². The zero-order valence-corrected chi connectivity index (χ0v) is 11.5. The summed E-state index contributed by atoms with van der Waals surface area (Å²) in [6.07, 6.45) is 5.49. The van der Waals surface area contributed by atoms with E-state index in [0.29, 0.717) is 12.5 Å². The van der Waals surface area contributed by atoms with Gasteiger partial charge in [0.2, 0.25) is 0 Å². The molecular formula is C14H27F2N. The lowest BCUT2D eigenvalue weighted by Gasteiger charge is -2.41. The van der Waals surface area contributed by atoms with E-state index in [0.717, 1.165) is 25.3 Å². The Hall–Kier alpha value is -0.180. The second-order valence-corrected chi connectivity index (χ2v) is 5.36. The molecule has 1 saturated heterocycles. The monoisotopic (exact) mass is 247 g/mol. The third-order valence-corrected chi connectivity index (χ3v) is 3.85. The van der Waals surface area contributed by atoms with E-state index in [4.69, 9.17) is 0 Å². The van der Waals surface area contributed by atoms with E-state index in [2.05, 4.69) is 6.92 Å². The van der Waals surface area contributed by atoms with Crippen LogP contribution >= 0.6 is 0 Å². The average molecular weight is 247 g/mol. The van der Waals surface area contributed by atoms with Gasteiger partial charge in [0.05, 0.1) is 6.54 Å². The predicted molar refractivity (Wildman–Crippen MR) is 68.5 cm³/mol. The Morgan fingerprint density at radius 3 is 2.41 bits per heavy atom. The van der Waals surface area contributed by atoms with Gasteiger partial charge in [-0.1, -0.05) is 33.6 Å². The highest BCUT2D eigenvalue weighted by atomic mass is 19.3. The van der Waals surface area contributed by atoms with Gasteiger partial charge in [-0.25, -0.2) is 8.78 Å². The van der Waals surface area contributed by atoms with Crippen LogP contribution in [0.5, 0.6) is 0 Å². The van der Waals surface area contributed by atoms with Crippen LogP contribution in [-0.4, -0.2) is 30.0 Å². The topological polar surface area (TPSA) is 3.24 Å². The first kappa shape index (κ1) is 14.9. The van der Waals surface area contributed by atoms with Crippen molar-refractivity contribution in [3.8, 4) is 0 Å². The fourth-order valence-corrected chi connectivity index (χ4v) is 3.04. The fourth-order valence-electron chi connectivity index (χ4n) is 3.04. The third-order valence-electron chi connectivity index (χ3n) is 3.85. The molecule has 1 nitrogen and oxygen atoms in total. The number of hydrogen-bond donors (Lipinski definition) is 0. The summed E-state index contributed by atoms with van der Waals surface area (Å²) in [7, 11) is 0. The molecule has 1 aliphatic heterocycles. The van der Waals surface area contributed by atoms with Crippen molar-refractivity contribution in [2.75, 3.05) is 13.1 Å². The molecule has 2 rings (SSSR count). The van der Waals surface area contributed by atoms with Crippen LogP contribution < -0.4 is 0 Å². The maximum Gasteiger partial charge on any atom is 0.260 e. The van der Waals surface area contributed by atoms with Crippen molar-refractivity contribution in [1.29, 1.82) is 0 Å². The van der Waals surface area contributed by atoms with E-state index >= 15 is 0 Å². The molecule has 0 amide bonds. The molecular weight excluding hydrogens is 220 g/mol. The first-order chi connectivity index (χ1) is 8.07. The SMILES string of the molecule is CC.CC1CCCC(N2CCCC(F)(F)C2)C1. The summed E-state index contributed by atoms with van der Waals surface area (Å²) in [4.78, 5) is 2.04. The molecule has 2 fully saturated rings. The molecule has 0 aromatic heterocycles. The molecule has 0 aromatic carbocycles. The van der Waals surface area contributed by atoms with Crippen LogP contribution in [0.4, 0.5) is 8.78 Å². The lowest BCUT2D eigenvalue weighted by Crippen LogP contribution is -2.49. The van der Waals surface area contributed by atoms with Gasteiger partial charge in [0, 0.05) is 12.5 Å². The molecule has 0 N–H and O–H groups in total. The number of alkyl halides is 2. The van der Waals surface area contributed by atoms with E-state index in [1.54, 1.807) is 0 Å². The molecule has 1 aliphatic carbocycles. The lowest BCUT2D eigenvalue weighted by atomic mass is 9.85. The van der Waals surface area contributed by atoms with Crippen molar-refractivity contribution < 1.29 is 8.78 Å². The summed E-state index contributed by atoms with van der Waals surface area (Å²) < 4.78 is 26.5. The standard InChI is InChI=1S/C12H21F2N.C2H6/c1-10-4-2-5-11(8-10)15-7-3-6-12(13,14)9-15;1-2/h10-11H,2-9H2,1H3;1-2H3. The number of hydrogen-bond acceptors (Lipinski definition) is 1. The zero-order chi connectivity index (χ0) is 12.9. The summed E-state index contributed by atoms with van der Waals surface area (Å²) in [6.45, 7) is 7.13. The average Bonchev–Trinajstić information content (AvgIpc) is 2.30. The number of halogens is 2. The molecule has 2 aliphatic rings. The first-order valence-corrected chi connectivity index (χ1v) is 7.19. The molecule has 0 spiro atoms. The van der Waals surface area contributed by atoms with Gasteiger partial charge >= 0.3 is 0 Å². The van der Waals surface area contributed by atoms with E-state index in [-0.39, 0.29) is 13.0 Å². The Labute approximate surface area is 105 Å². The summed E-state index contributed by atoms with van der Waals surface area (Å²) in [6, 6.07) is 0.430. The first-order valence-electron chi connectivity index (χ1n) is 7.19. The molecule has 0 aromatic rings. The number of likely N-dealkylation sites (tertiary alicyclic amines) is 1. The molecule has 1 heterocycles. The Bertz CT molecular complexity index is 218. The van der Waals surface area contributed by atoms with Gasteiger partial charge in [-0.3, -0.25) is 4.90 Å². The van der Waals surface area contributed by atoms with Gasteiger partial charge in [-0.15, -0.1) is 0 Å². The second kappa shape index (κ2) is 6.67. The summed E-state index contributed by atoms with van der Waals surface area (Å²) >= 11 is 0. The van der Waals surface area contributed by atoms with Crippen molar-refractivity contribution in [2.24, 2.45) is 5.92 Å². The van der Waals surface area contributed by atoms with E-state index in [1.807, 2.05) is 18.7 Å². The highest BCUT2D eigenvalue weighted by Gasteiger charge is 2.38. The minimum absolute atomic E-state index is 0.00435. The van der Waals surface area contributed by atoms with Crippen molar-refractivity contribution in [3.63, 3.8) is 0 Å². The van der Waals surface area contributed by atoms with E-state index in [9.17, 15) is 8.78 Å². The van der Waals surface area contributed by atoms with Crippen molar-refractivity contribution in [3.05, 3.63) is 0 Å². The molecule has 3 heteroatoms. The van der Waals surface area contributed by atoms with Gasteiger partial charge in [0.1, 0.15) is 0 Å². The van der Waals surface area contributed by atoms with Gasteiger partial charge in [-0.2, -0.15) is 0 Å². The van der Waals surface area contributed by atoms with Crippen LogP contribution in [0.2, 0.25) is 0 Å². The Morgan fingerprint density at radius 2 is 1.82 bits per heavy atom. The van der Waals surface area contributed by atoms with Crippen LogP contribution in [0.25, 0.3) is 0 Å². The third kappa shape index (κ3) is 4.53. The van der Waals surface area contributed by atoms with Crippen LogP contribution in [-0.2, 0) is 0 Å². The summed E-state index contributed by atoms with van der Waals surface area (Å²) in [5, 5.41) is 0. The van der Waals surface area contributed by atoms with Crippen LogP contribution in [0.1, 0.15) is 59.3 Å². The lowest BCUT2D eigenvalue weighted by molar-refractivity contribution is -0.0801. The van der Waals surface area contributed by atoms with Crippen molar-refractivity contribution in [2.45, 2.75) is 71.3 Å². The molecule has 17 heavy (non-hydrogen) atoms. The number of piperidine rings is 1. The minimum Gasteiger partial charge on any atom is -0.294 e. The van der Waals surface area contributed by atoms with Gasteiger partial charge in [0.25, 0.3) is 5.92 Å². The Kier molecular flexibility index (Phi) is 5.84. The van der Waals surface area contributed by atoms with E-state index in [1.165, 1.54) is 12.8 Å². The van der Waals surface area contributed by atoms with Gasteiger partial charge in [-0.05, 0) is 31.7 Å². The largest absolute Gasteiger partial charge is 0.294 e. The Morgan fingerprint density at radius 1 is 1.12 bits per heavy atom. The highest BCUT2D eigenvalue weighted by molar-refractivity contribution is 4.86. The fraction of sp³-hybridized carbons (Fsp3) is 1.00. The Balaban J connectivity index is 0.000000686. The van der Waals surface area contributed by atoms with Crippen molar-refractivity contribution in [1.82, 2.24) is 4.90 Å². The zero-order valence-electron chi connectivity index (χ0n) is 11.5.